The molecule has 10 nitrogen and oxygen atoms in total. The van der Waals surface area contributed by atoms with Gasteiger partial charge in [-0.05, 0) is 60.9 Å². The van der Waals surface area contributed by atoms with Gasteiger partial charge in [0.2, 0.25) is 0 Å². The molecule has 11 heteroatoms. The molecule has 1 unspecified atom stereocenters. The second-order valence-corrected chi connectivity index (χ2v) is 11.1. The van der Waals surface area contributed by atoms with Gasteiger partial charge in [0.05, 0.1) is 12.2 Å². The Morgan fingerprint density at radius 2 is 1.74 bits per heavy atom. The standard InChI is InChI=1S/C28H28NO9P/c1-39(35,36)37-13-5-3-2-4-12-29-27(32)17-6-9-20(28(33)34)23(14-17)26-21-10-7-18(30)15-24(21)38-25-16-19(31)8-11-22(25)26/h6-11,14-16,30H,2-5,12-13H2,1H3,(H,29,32)(H,33,34)(H,35,36). The first-order valence-corrected chi connectivity index (χ1v) is 14.4. The number of hydrogen-bond acceptors (Lipinski definition) is 7. The van der Waals surface area contributed by atoms with Crippen LogP contribution in [0, 0.1) is 0 Å². The number of nitrogens with one attached hydrogen (secondary N) is 1. The summed E-state index contributed by atoms with van der Waals surface area (Å²) >= 11 is 0. The fraction of sp³-hybridized carbons (Fsp3) is 0.250. The van der Waals surface area contributed by atoms with Crippen molar-refractivity contribution in [1.82, 2.24) is 5.32 Å². The van der Waals surface area contributed by atoms with Crippen molar-refractivity contribution < 1.29 is 38.2 Å². The molecule has 39 heavy (non-hydrogen) atoms. The van der Waals surface area contributed by atoms with Gasteiger partial charge < -0.3 is 29.4 Å². The number of benzene rings is 3. The fourth-order valence-corrected chi connectivity index (χ4v) is 4.81. The molecule has 1 aliphatic heterocycles. The number of carboxylic acid groups (broad SMARTS) is 1. The highest BCUT2D eigenvalue weighted by atomic mass is 31.2. The molecule has 1 aliphatic carbocycles. The van der Waals surface area contributed by atoms with Crippen LogP contribution in [0.1, 0.15) is 46.4 Å². The molecular weight excluding hydrogens is 525 g/mol. The van der Waals surface area contributed by atoms with Crippen LogP contribution in [0.15, 0.2) is 63.8 Å². The Hall–Kier alpha value is -3.98. The molecule has 0 saturated heterocycles. The Kier molecular flexibility index (Phi) is 8.50. The maximum absolute atomic E-state index is 12.9. The van der Waals surface area contributed by atoms with Crippen LogP contribution in [0.2, 0.25) is 0 Å². The van der Waals surface area contributed by atoms with E-state index in [-0.39, 0.29) is 51.7 Å². The number of phenolic OH excluding ortho intramolecular Hbond substituents is 1. The lowest BCUT2D eigenvalue weighted by atomic mass is 9.89. The summed E-state index contributed by atoms with van der Waals surface area (Å²) in [6.45, 7) is 1.73. The van der Waals surface area contributed by atoms with Crippen LogP contribution in [0.4, 0.5) is 0 Å². The third kappa shape index (κ3) is 6.92. The van der Waals surface area contributed by atoms with Gasteiger partial charge in [-0.1, -0.05) is 12.8 Å². The number of phenols is 1. The highest BCUT2D eigenvalue weighted by Crippen LogP contribution is 2.42. The summed E-state index contributed by atoms with van der Waals surface area (Å²) in [7, 11) is -3.47. The normalized spacial score (nSPS) is 12.9. The van der Waals surface area contributed by atoms with E-state index in [4.69, 9.17) is 13.8 Å². The molecule has 1 amide bonds. The number of fused-ring (bicyclic) bond motifs is 2. The maximum Gasteiger partial charge on any atom is 0.336 e. The number of aromatic hydroxyl groups is 1. The van der Waals surface area contributed by atoms with Crippen LogP contribution in [-0.2, 0) is 9.09 Å². The van der Waals surface area contributed by atoms with E-state index in [9.17, 15) is 29.2 Å². The van der Waals surface area contributed by atoms with Crippen LogP contribution in [-0.4, -0.2) is 46.8 Å². The smallest absolute Gasteiger partial charge is 0.336 e. The van der Waals surface area contributed by atoms with Crippen molar-refractivity contribution in [2.45, 2.75) is 25.7 Å². The van der Waals surface area contributed by atoms with E-state index < -0.39 is 13.6 Å². The van der Waals surface area contributed by atoms with Crippen molar-refractivity contribution in [3.8, 4) is 28.2 Å². The summed E-state index contributed by atoms with van der Waals surface area (Å²) in [5.41, 5.74) is 1.38. The summed E-state index contributed by atoms with van der Waals surface area (Å²) in [4.78, 5) is 46.2. The molecule has 0 bridgehead atoms. The zero-order valence-corrected chi connectivity index (χ0v) is 22.1. The number of rotatable bonds is 11. The topological polar surface area (TPSA) is 163 Å². The number of hydrogen-bond donors (Lipinski definition) is 4. The van der Waals surface area contributed by atoms with E-state index in [0.29, 0.717) is 35.9 Å². The molecule has 1 heterocycles. The van der Waals surface area contributed by atoms with Gasteiger partial charge in [-0.2, -0.15) is 0 Å². The molecule has 1 atom stereocenters. The van der Waals surface area contributed by atoms with Gasteiger partial charge in [0, 0.05) is 47.4 Å². The predicted molar refractivity (Wildman–Crippen MR) is 146 cm³/mol. The Morgan fingerprint density at radius 1 is 0.974 bits per heavy atom. The van der Waals surface area contributed by atoms with Crippen LogP contribution in [0.5, 0.6) is 5.75 Å². The molecular formula is C28H28NO9P. The Labute approximate surface area is 223 Å². The Morgan fingerprint density at radius 3 is 2.49 bits per heavy atom. The zero-order valence-electron chi connectivity index (χ0n) is 21.2. The first kappa shape index (κ1) is 28.0. The number of carboxylic acids is 1. The summed E-state index contributed by atoms with van der Waals surface area (Å²) in [6, 6.07) is 12.9. The largest absolute Gasteiger partial charge is 0.508 e. The van der Waals surface area contributed by atoms with E-state index in [1.165, 1.54) is 42.5 Å². The predicted octanol–water partition coefficient (Wildman–Crippen LogP) is 5.09. The molecule has 0 radical (unpaired) electrons. The first-order valence-electron chi connectivity index (χ1n) is 12.3. The van der Waals surface area contributed by atoms with Crippen molar-refractivity contribution in [1.29, 1.82) is 0 Å². The average Bonchev–Trinajstić information content (AvgIpc) is 2.87. The third-order valence-corrected chi connectivity index (χ3v) is 6.81. The number of carbonyl (C=O) groups excluding carboxylic acids is 1. The lowest BCUT2D eigenvalue weighted by molar-refractivity contribution is 0.0697. The van der Waals surface area contributed by atoms with Gasteiger partial charge in [-0.3, -0.25) is 14.2 Å². The van der Waals surface area contributed by atoms with E-state index in [1.54, 1.807) is 12.1 Å². The minimum atomic E-state index is -3.47. The fourth-order valence-electron chi connectivity index (χ4n) is 4.35. The van der Waals surface area contributed by atoms with Crippen molar-refractivity contribution in [3.63, 3.8) is 0 Å². The molecule has 4 N–H and O–H groups in total. The molecule has 0 spiro atoms. The van der Waals surface area contributed by atoms with Gasteiger partial charge in [-0.25, -0.2) is 4.79 Å². The second-order valence-electron chi connectivity index (χ2n) is 9.19. The monoisotopic (exact) mass is 553 g/mol. The highest BCUT2D eigenvalue weighted by molar-refractivity contribution is 7.51. The zero-order chi connectivity index (χ0) is 28.2. The van der Waals surface area contributed by atoms with Crippen molar-refractivity contribution in [3.05, 3.63) is 75.9 Å². The van der Waals surface area contributed by atoms with E-state index >= 15 is 0 Å². The quantitative estimate of drug-likeness (QED) is 0.112. The molecule has 2 aliphatic rings. The summed E-state index contributed by atoms with van der Waals surface area (Å²) < 4.78 is 21.8. The lowest BCUT2D eigenvalue weighted by Crippen LogP contribution is -2.24. The Balaban J connectivity index is 1.60. The molecule has 4 rings (SSSR count). The number of amides is 1. The van der Waals surface area contributed by atoms with Gasteiger partial charge in [-0.15, -0.1) is 0 Å². The van der Waals surface area contributed by atoms with E-state index in [0.717, 1.165) is 19.5 Å². The van der Waals surface area contributed by atoms with Crippen molar-refractivity contribution in [2.24, 2.45) is 0 Å². The minimum absolute atomic E-state index is 0.0404. The maximum atomic E-state index is 12.9. The highest BCUT2D eigenvalue weighted by Gasteiger charge is 2.23. The van der Waals surface area contributed by atoms with Crippen LogP contribution < -0.4 is 10.7 Å². The van der Waals surface area contributed by atoms with Crippen LogP contribution in [0.25, 0.3) is 33.4 Å². The molecule has 2 aromatic rings. The van der Waals surface area contributed by atoms with Crippen LogP contribution >= 0.6 is 7.60 Å². The van der Waals surface area contributed by atoms with Crippen LogP contribution in [0.3, 0.4) is 0 Å². The van der Waals surface area contributed by atoms with E-state index in [1.807, 2.05) is 0 Å². The third-order valence-electron chi connectivity index (χ3n) is 6.15. The first-order chi connectivity index (χ1) is 18.5. The van der Waals surface area contributed by atoms with Crippen molar-refractivity contribution in [2.75, 3.05) is 19.8 Å². The summed E-state index contributed by atoms with van der Waals surface area (Å²) in [6.07, 6.45) is 2.87. The van der Waals surface area contributed by atoms with E-state index in [2.05, 4.69) is 5.32 Å². The van der Waals surface area contributed by atoms with Gasteiger partial charge in [0.25, 0.3) is 5.91 Å². The molecule has 0 saturated carbocycles. The summed E-state index contributed by atoms with van der Waals surface area (Å²) in [5, 5.41) is 23.3. The molecule has 204 valence electrons. The van der Waals surface area contributed by atoms with Gasteiger partial charge in [0.15, 0.2) is 5.43 Å². The average molecular weight is 554 g/mol. The second kappa shape index (κ2) is 11.8. The molecule has 0 aromatic heterocycles. The molecule has 2 aromatic carbocycles. The minimum Gasteiger partial charge on any atom is -0.508 e. The molecule has 0 fully saturated rings. The number of aromatic carboxylic acids is 1. The van der Waals surface area contributed by atoms with Crippen molar-refractivity contribution >= 4 is 30.4 Å². The Bertz CT molecular complexity index is 1600. The lowest BCUT2D eigenvalue weighted by Gasteiger charge is -2.17. The summed E-state index contributed by atoms with van der Waals surface area (Å²) in [5.74, 6) is -1.42. The van der Waals surface area contributed by atoms with Gasteiger partial charge >= 0.3 is 13.6 Å². The number of carbonyl (C=O) groups is 2. The number of unbranched alkanes of at least 4 members (excludes halogenated alkanes) is 3. The van der Waals surface area contributed by atoms with Gasteiger partial charge in [0.1, 0.15) is 17.1 Å². The SMILES string of the molecule is CP(=O)(O)OCCCCCCNC(=O)c1ccc(C(=O)O)c(-c2c3ccc(=O)cc-3oc3cc(O)ccc23)c1.